The second-order valence-corrected chi connectivity index (χ2v) is 8.86. The Hall–Kier alpha value is -2.70. The minimum absolute atomic E-state index is 0.0263. The summed E-state index contributed by atoms with van der Waals surface area (Å²) < 4.78 is 27.1. The summed E-state index contributed by atoms with van der Waals surface area (Å²) in [4.78, 5) is 12.5. The SMILES string of the molecule is Cc1ccc(S(=O)(=O)NCCCCCC(=O)Nc2cccc3ccccc23)cc1. The molecule has 29 heavy (non-hydrogen) atoms. The number of hydrogen-bond acceptors (Lipinski definition) is 3. The van der Waals surface area contributed by atoms with Crippen LogP contribution >= 0.6 is 0 Å². The summed E-state index contributed by atoms with van der Waals surface area (Å²) in [5, 5.41) is 5.09. The largest absolute Gasteiger partial charge is 0.326 e. The van der Waals surface area contributed by atoms with Crippen LogP contribution in [0.1, 0.15) is 31.2 Å². The lowest BCUT2D eigenvalue weighted by Crippen LogP contribution is -2.24. The Balaban J connectivity index is 1.39. The third kappa shape index (κ3) is 5.89. The van der Waals surface area contributed by atoms with Crippen molar-refractivity contribution in [2.24, 2.45) is 0 Å². The van der Waals surface area contributed by atoms with Gasteiger partial charge in [0.25, 0.3) is 0 Å². The fraction of sp³-hybridized carbons (Fsp3) is 0.261. The fourth-order valence-electron chi connectivity index (χ4n) is 3.14. The molecule has 152 valence electrons. The third-order valence-corrected chi connectivity index (χ3v) is 6.24. The lowest BCUT2D eigenvalue weighted by Gasteiger charge is -2.09. The van der Waals surface area contributed by atoms with Crippen molar-refractivity contribution in [3.63, 3.8) is 0 Å². The van der Waals surface area contributed by atoms with Crippen molar-refractivity contribution >= 4 is 32.4 Å². The first-order valence-corrected chi connectivity index (χ1v) is 11.3. The molecule has 6 heteroatoms. The molecule has 0 saturated carbocycles. The van der Waals surface area contributed by atoms with E-state index in [1.807, 2.05) is 49.4 Å². The van der Waals surface area contributed by atoms with Gasteiger partial charge in [0.1, 0.15) is 0 Å². The predicted octanol–water partition coefficient (Wildman–Crippen LogP) is 4.63. The lowest BCUT2D eigenvalue weighted by molar-refractivity contribution is -0.116. The molecule has 3 aromatic carbocycles. The summed E-state index contributed by atoms with van der Waals surface area (Å²) in [6, 6.07) is 20.6. The molecule has 3 rings (SSSR count). The Morgan fingerprint density at radius 1 is 0.862 bits per heavy atom. The number of fused-ring (bicyclic) bond motifs is 1. The molecule has 0 fully saturated rings. The summed E-state index contributed by atoms with van der Waals surface area (Å²) in [6.07, 6.45) is 2.59. The first-order valence-electron chi connectivity index (χ1n) is 9.80. The van der Waals surface area contributed by atoms with Crippen LogP contribution in [0.2, 0.25) is 0 Å². The van der Waals surface area contributed by atoms with Crippen LogP contribution in [0.3, 0.4) is 0 Å². The summed E-state index contributed by atoms with van der Waals surface area (Å²) in [6.45, 7) is 2.28. The molecule has 0 aliphatic rings. The highest BCUT2D eigenvalue weighted by atomic mass is 32.2. The highest BCUT2D eigenvalue weighted by Gasteiger charge is 2.12. The molecule has 1 amide bonds. The molecule has 0 aromatic heterocycles. The van der Waals surface area contributed by atoms with Crippen molar-refractivity contribution in [1.82, 2.24) is 4.72 Å². The minimum Gasteiger partial charge on any atom is -0.326 e. The second kappa shape index (κ2) is 9.67. The zero-order valence-electron chi connectivity index (χ0n) is 16.5. The number of carbonyl (C=O) groups excluding carboxylic acids is 1. The van der Waals surface area contributed by atoms with E-state index in [9.17, 15) is 13.2 Å². The van der Waals surface area contributed by atoms with Gasteiger partial charge < -0.3 is 5.32 Å². The maximum absolute atomic E-state index is 12.2. The van der Waals surface area contributed by atoms with Gasteiger partial charge in [0.15, 0.2) is 0 Å². The fourth-order valence-corrected chi connectivity index (χ4v) is 4.22. The Morgan fingerprint density at radius 2 is 1.59 bits per heavy atom. The molecule has 2 N–H and O–H groups in total. The van der Waals surface area contributed by atoms with Gasteiger partial charge in [-0.25, -0.2) is 13.1 Å². The van der Waals surface area contributed by atoms with Crippen molar-refractivity contribution in [2.45, 2.75) is 37.5 Å². The zero-order chi connectivity index (χ0) is 20.7. The molecule has 0 heterocycles. The van der Waals surface area contributed by atoms with Crippen LogP contribution in [0.4, 0.5) is 5.69 Å². The number of carbonyl (C=O) groups is 1. The number of anilines is 1. The number of hydrogen-bond donors (Lipinski definition) is 2. The van der Waals surface area contributed by atoms with E-state index in [0.717, 1.165) is 28.4 Å². The Kier molecular flexibility index (Phi) is 7.01. The van der Waals surface area contributed by atoms with Crippen LogP contribution in [0, 0.1) is 6.92 Å². The van der Waals surface area contributed by atoms with Crippen molar-refractivity contribution in [1.29, 1.82) is 0 Å². The monoisotopic (exact) mass is 410 g/mol. The van der Waals surface area contributed by atoms with Gasteiger partial charge in [-0.1, -0.05) is 60.5 Å². The first-order chi connectivity index (χ1) is 14.0. The van der Waals surface area contributed by atoms with Gasteiger partial charge in [-0.05, 0) is 43.4 Å². The molecular weight excluding hydrogens is 384 g/mol. The number of sulfonamides is 1. The van der Waals surface area contributed by atoms with E-state index in [4.69, 9.17) is 0 Å². The van der Waals surface area contributed by atoms with E-state index in [1.165, 1.54) is 0 Å². The summed E-state index contributed by atoms with van der Waals surface area (Å²) in [5.41, 5.74) is 1.84. The number of unbranched alkanes of at least 4 members (excludes halogenated alkanes) is 2. The number of aryl methyl sites for hydroxylation is 1. The van der Waals surface area contributed by atoms with Crippen LogP contribution in [0.25, 0.3) is 10.8 Å². The van der Waals surface area contributed by atoms with E-state index in [1.54, 1.807) is 24.3 Å². The maximum Gasteiger partial charge on any atom is 0.240 e. The smallest absolute Gasteiger partial charge is 0.240 e. The normalized spacial score (nSPS) is 11.5. The highest BCUT2D eigenvalue weighted by molar-refractivity contribution is 7.89. The minimum atomic E-state index is -3.47. The molecule has 0 spiro atoms. The summed E-state index contributed by atoms with van der Waals surface area (Å²) in [7, 11) is -3.47. The van der Waals surface area contributed by atoms with Crippen molar-refractivity contribution in [3.8, 4) is 0 Å². The van der Waals surface area contributed by atoms with E-state index in [-0.39, 0.29) is 10.8 Å². The summed E-state index contributed by atoms with van der Waals surface area (Å²) in [5.74, 6) is -0.0263. The Bertz CT molecular complexity index is 1070. The van der Waals surface area contributed by atoms with Gasteiger partial charge in [-0.15, -0.1) is 0 Å². The number of rotatable bonds is 9. The average Bonchev–Trinajstić information content (AvgIpc) is 2.71. The van der Waals surface area contributed by atoms with E-state index >= 15 is 0 Å². The molecule has 0 radical (unpaired) electrons. The number of amides is 1. The van der Waals surface area contributed by atoms with Crippen LogP contribution in [0.5, 0.6) is 0 Å². The number of nitrogens with one attached hydrogen (secondary N) is 2. The van der Waals surface area contributed by atoms with Gasteiger partial charge >= 0.3 is 0 Å². The van der Waals surface area contributed by atoms with E-state index in [0.29, 0.717) is 25.8 Å². The molecule has 0 saturated heterocycles. The summed E-state index contributed by atoms with van der Waals surface area (Å²) >= 11 is 0. The van der Waals surface area contributed by atoms with Gasteiger partial charge in [-0.3, -0.25) is 4.79 Å². The predicted molar refractivity (Wildman–Crippen MR) is 117 cm³/mol. The topological polar surface area (TPSA) is 75.3 Å². The average molecular weight is 411 g/mol. The highest BCUT2D eigenvalue weighted by Crippen LogP contribution is 2.23. The molecule has 0 aliphatic heterocycles. The van der Waals surface area contributed by atoms with Gasteiger partial charge in [0.2, 0.25) is 15.9 Å². The van der Waals surface area contributed by atoms with Gasteiger partial charge in [0.05, 0.1) is 4.90 Å². The van der Waals surface area contributed by atoms with Crippen LogP contribution in [-0.2, 0) is 14.8 Å². The molecule has 3 aromatic rings. The van der Waals surface area contributed by atoms with Gasteiger partial charge in [-0.2, -0.15) is 0 Å². The van der Waals surface area contributed by atoms with Crippen molar-refractivity contribution in [2.75, 3.05) is 11.9 Å². The van der Waals surface area contributed by atoms with Crippen LogP contribution in [-0.4, -0.2) is 20.9 Å². The Labute approximate surface area is 172 Å². The van der Waals surface area contributed by atoms with Crippen molar-refractivity contribution in [3.05, 3.63) is 72.3 Å². The van der Waals surface area contributed by atoms with Crippen molar-refractivity contribution < 1.29 is 13.2 Å². The standard InChI is InChI=1S/C23H26N2O3S/c1-18-13-15-20(16-14-18)29(27,28)24-17-6-2-3-12-23(26)25-22-11-7-9-19-8-4-5-10-21(19)22/h4-5,7-11,13-16,24H,2-3,6,12,17H2,1H3,(H,25,26). The second-order valence-electron chi connectivity index (χ2n) is 7.10. The first kappa shape index (κ1) is 21.0. The molecular formula is C23H26N2O3S. The zero-order valence-corrected chi connectivity index (χ0v) is 17.3. The molecule has 5 nitrogen and oxygen atoms in total. The quantitative estimate of drug-likeness (QED) is 0.505. The molecule has 0 aliphatic carbocycles. The van der Waals surface area contributed by atoms with Crippen LogP contribution in [0.15, 0.2) is 71.6 Å². The Morgan fingerprint density at radius 3 is 2.38 bits per heavy atom. The molecule has 0 bridgehead atoms. The molecule has 0 unspecified atom stereocenters. The number of benzene rings is 3. The third-order valence-electron chi connectivity index (χ3n) is 4.77. The maximum atomic E-state index is 12.2. The van der Waals surface area contributed by atoms with Crippen LogP contribution < -0.4 is 10.0 Å². The van der Waals surface area contributed by atoms with E-state index in [2.05, 4.69) is 10.0 Å². The van der Waals surface area contributed by atoms with E-state index < -0.39 is 10.0 Å². The van der Waals surface area contributed by atoms with Gasteiger partial charge in [0, 0.05) is 24.0 Å². The molecule has 0 atom stereocenters. The lowest BCUT2D eigenvalue weighted by atomic mass is 10.1.